The molecule has 1 amide bonds. The Kier molecular flexibility index (Phi) is 5.05. The molecule has 2 heterocycles. The third kappa shape index (κ3) is 3.36. The number of anilines is 1. The Hall–Kier alpha value is -4.59. The van der Waals surface area contributed by atoms with Gasteiger partial charge in [-0.05, 0) is 48.9 Å². The minimum Gasteiger partial charge on any atom is -0.504 e. The number of phenolic OH excluding ortho intramolecular Hbond substituents is 1. The number of aromatic amines is 1. The average Bonchev–Trinajstić information content (AvgIpc) is 3.39. The first-order valence-corrected chi connectivity index (χ1v) is 10.6. The number of aromatic nitrogens is 2. The molecule has 1 aromatic heterocycles. The number of benzene rings is 3. The van der Waals surface area contributed by atoms with Crippen LogP contribution in [0.1, 0.15) is 43.6 Å². The van der Waals surface area contributed by atoms with Gasteiger partial charge in [0.15, 0.2) is 11.5 Å². The van der Waals surface area contributed by atoms with Crippen molar-refractivity contribution < 1.29 is 24.5 Å². The minimum absolute atomic E-state index is 0.0147. The van der Waals surface area contributed by atoms with E-state index >= 15 is 0 Å². The largest absolute Gasteiger partial charge is 0.504 e. The molecule has 8 nitrogen and oxygen atoms in total. The van der Waals surface area contributed by atoms with Gasteiger partial charge in [-0.25, -0.2) is 4.79 Å². The standard InChI is InChI=1S/C26H21N3O5/c1-14-3-5-15(6-4-14)22-21-23(28-27-22)25(31)29(18-10-7-16(8-11-18)26(32)33)24(21)17-9-12-19(30)20(13-17)34-2/h3-13,24,30H,1-2H3,(H,27,28)(H,32,33)/t24-/m1/s1. The Morgan fingerprint density at radius 3 is 2.41 bits per heavy atom. The minimum atomic E-state index is -1.05. The SMILES string of the molecule is COc1cc([C@@H]2c3c(-c4ccc(C)cc4)n[nH]c3C(=O)N2c2ccc(C(=O)O)cc2)ccc1O. The summed E-state index contributed by atoms with van der Waals surface area (Å²) < 4.78 is 5.31. The number of hydrogen-bond acceptors (Lipinski definition) is 5. The van der Waals surface area contributed by atoms with Gasteiger partial charge >= 0.3 is 5.97 Å². The van der Waals surface area contributed by atoms with Gasteiger partial charge in [-0.15, -0.1) is 0 Å². The van der Waals surface area contributed by atoms with Crippen molar-refractivity contribution in [1.29, 1.82) is 0 Å². The van der Waals surface area contributed by atoms with Crippen LogP contribution < -0.4 is 9.64 Å². The van der Waals surface area contributed by atoms with Crippen molar-refractivity contribution >= 4 is 17.6 Å². The van der Waals surface area contributed by atoms with Gasteiger partial charge in [-0.3, -0.25) is 14.8 Å². The molecule has 1 aliphatic heterocycles. The predicted octanol–water partition coefficient (Wildman–Crippen LogP) is 4.55. The van der Waals surface area contributed by atoms with Crippen molar-refractivity contribution in [2.45, 2.75) is 13.0 Å². The second-order valence-electron chi connectivity index (χ2n) is 8.09. The summed E-state index contributed by atoms with van der Waals surface area (Å²) in [4.78, 5) is 26.5. The molecular weight excluding hydrogens is 434 g/mol. The van der Waals surface area contributed by atoms with E-state index in [9.17, 15) is 19.8 Å². The third-order valence-corrected chi connectivity index (χ3v) is 6.01. The summed E-state index contributed by atoms with van der Waals surface area (Å²) in [5.41, 5.74) is 5.02. The summed E-state index contributed by atoms with van der Waals surface area (Å²) in [6.07, 6.45) is 0. The van der Waals surface area contributed by atoms with Crippen LogP contribution in [0, 0.1) is 6.92 Å². The van der Waals surface area contributed by atoms with Crippen molar-refractivity contribution in [3.05, 3.63) is 94.7 Å². The summed E-state index contributed by atoms with van der Waals surface area (Å²) in [5.74, 6) is -1.07. The number of carboxylic acid groups (broad SMARTS) is 1. The Balaban J connectivity index is 1.71. The van der Waals surface area contributed by atoms with Crippen LogP contribution in [0.4, 0.5) is 5.69 Å². The first-order chi connectivity index (χ1) is 16.4. The molecule has 4 aromatic rings. The number of aromatic hydroxyl groups is 1. The topological polar surface area (TPSA) is 116 Å². The second kappa shape index (κ2) is 8.08. The van der Waals surface area contributed by atoms with Crippen LogP contribution in [0.15, 0.2) is 66.7 Å². The van der Waals surface area contributed by atoms with Crippen molar-refractivity contribution in [3.63, 3.8) is 0 Å². The smallest absolute Gasteiger partial charge is 0.335 e. The molecule has 0 aliphatic carbocycles. The zero-order valence-electron chi connectivity index (χ0n) is 18.4. The van der Waals surface area contributed by atoms with Gasteiger partial charge in [-0.1, -0.05) is 35.9 Å². The number of carbonyl (C=O) groups is 2. The molecule has 1 aliphatic rings. The molecule has 5 rings (SSSR count). The highest BCUT2D eigenvalue weighted by molar-refractivity contribution is 6.12. The lowest BCUT2D eigenvalue weighted by Crippen LogP contribution is -2.29. The predicted molar refractivity (Wildman–Crippen MR) is 125 cm³/mol. The Morgan fingerprint density at radius 2 is 1.76 bits per heavy atom. The maximum atomic E-state index is 13.6. The average molecular weight is 455 g/mol. The lowest BCUT2D eigenvalue weighted by molar-refractivity contribution is 0.0696. The molecule has 0 bridgehead atoms. The highest BCUT2D eigenvalue weighted by Gasteiger charge is 2.43. The van der Waals surface area contributed by atoms with Crippen LogP contribution >= 0.6 is 0 Å². The Bertz CT molecular complexity index is 1410. The number of H-pyrrole nitrogens is 1. The number of nitrogens with zero attached hydrogens (tertiary/aromatic N) is 2. The molecular formula is C26H21N3O5. The maximum Gasteiger partial charge on any atom is 0.335 e. The van der Waals surface area contributed by atoms with E-state index in [2.05, 4.69) is 10.2 Å². The number of methoxy groups -OCH3 is 1. The molecule has 3 aromatic carbocycles. The molecule has 0 saturated heterocycles. The Morgan fingerprint density at radius 1 is 1.06 bits per heavy atom. The number of carboxylic acids is 1. The first-order valence-electron chi connectivity index (χ1n) is 10.6. The molecule has 0 unspecified atom stereocenters. The van der Waals surface area contributed by atoms with E-state index < -0.39 is 12.0 Å². The van der Waals surface area contributed by atoms with E-state index in [4.69, 9.17) is 4.74 Å². The van der Waals surface area contributed by atoms with Gasteiger partial charge in [0.25, 0.3) is 5.91 Å². The number of carbonyl (C=O) groups excluding carboxylic acids is 1. The van der Waals surface area contributed by atoms with Crippen LogP contribution in [-0.2, 0) is 0 Å². The zero-order chi connectivity index (χ0) is 24.0. The number of fused-ring (bicyclic) bond motifs is 1. The maximum absolute atomic E-state index is 13.6. The van der Waals surface area contributed by atoms with Crippen molar-refractivity contribution in [3.8, 4) is 22.8 Å². The quantitative estimate of drug-likeness (QED) is 0.407. The molecule has 8 heteroatoms. The van der Waals surface area contributed by atoms with Gasteiger partial charge in [-0.2, -0.15) is 5.10 Å². The van der Waals surface area contributed by atoms with Crippen LogP contribution in [0.5, 0.6) is 11.5 Å². The number of hydrogen-bond donors (Lipinski definition) is 3. The van der Waals surface area contributed by atoms with Gasteiger partial charge in [0.1, 0.15) is 5.69 Å². The van der Waals surface area contributed by atoms with E-state index in [0.29, 0.717) is 28.2 Å². The fourth-order valence-electron chi connectivity index (χ4n) is 4.29. The van der Waals surface area contributed by atoms with Crippen LogP contribution in [0.3, 0.4) is 0 Å². The molecule has 0 spiro atoms. The molecule has 1 atom stereocenters. The summed E-state index contributed by atoms with van der Waals surface area (Å²) in [6.45, 7) is 2.00. The number of aromatic carboxylic acids is 1. The van der Waals surface area contributed by atoms with Crippen molar-refractivity contribution in [2.75, 3.05) is 12.0 Å². The van der Waals surface area contributed by atoms with E-state index in [0.717, 1.165) is 11.1 Å². The summed E-state index contributed by atoms with van der Waals surface area (Å²) in [5, 5.41) is 26.8. The number of ether oxygens (including phenoxy) is 1. The van der Waals surface area contributed by atoms with Crippen molar-refractivity contribution in [1.82, 2.24) is 10.2 Å². The monoisotopic (exact) mass is 455 g/mol. The van der Waals surface area contributed by atoms with Gasteiger partial charge in [0.05, 0.1) is 24.4 Å². The third-order valence-electron chi connectivity index (χ3n) is 6.01. The molecule has 34 heavy (non-hydrogen) atoms. The fourth-order valence-corrected chi connectivity index (χ4v) is 4.29. The number of rotatable bonds is 5. The number of phenols is 1. The van der Waals surface area contributed by atoms with E-state index in [-0.39, 0.29) is 23.0 Å². The summed E-state index contributed by atoms with van der Waals surface area (Å²) >= 11 is 0. The van der Waals surface area contributed by atoms with Crippen molar-refractivity contribution in [2.24, 2.45) is 0 Å². The zero-order valence-corrected chi connectivity index (χ0v) is 18.4. The molecule has 170 valence electrons. The molecule has 0 radical (unpaired) electrons. The van der Waals surface area contributed by atoms with Gasteiger partial charge < -0.3 is 14.9 Å². The fraction of sp³-hybridized carbons (Fsp3) is 0.115. The van der Waals surface area contributed by atoms with Crippen LogP contribution in [0.2, 0.25) is 0 Å². The van der Waals surface area contributed by atoms with Gasteiger partial charge in [0, 0.05) is 16.8 Å². The summed E-state index contributed by atoms with van der Waals surface area (Å²) in [6, 6.07) is 18.4. The number of nitrogens with one attached hydrogen (secondary N) is 1. The highest BCUT2D eigenvalue weighted by atomic mass is 16.5. The molecule has 3 N–H and O–H groups in total. The lowest BCUT2D eigenvalue weighted by atomic mass is 9.95. The lowest BCUT2D eigenvalue weighted by Gasteiger charge is -2.27. The van der Waals surface area contributed by atoms with Crippen LogP contribution in [0.25, 0.3) is 11.3 Å². The number of amides is 1. The highest BCUT2D eigenvalue weighted by Crippen LogP contribution is 2.46. The van der Waals surface area contributed by atoms with Gasteiger partial charge in [0.2, 0.25) is 0 Å². The summed E-state index contributed by atoms with van der Waals surface area (Å²) in [7, 11) is 1.46. The molecule has 0 fully saturated rings. The first kappa shape index (κ1) is 21.3. The second-order valence-corrected chi connectivity index (χ2v) is 8.09. The number of aryl methyl sites for hydroxylation is 1. The normalized spacial score (nSPS) is 14.8. The van der Waals surface area contributed by atoms with E-state index in [1.807, 2.05) is 31.2 Å². The molecule has 0 saturated carbocycles. The Labute approximate surface area is 195 Å². The van der Waals surface area contributed by atoms with E-state index in [1.165, 1.54) is 25.3 Å². The van der Waals surface area contributed by atoms with E-state index in [1.54, 1.807) is 29.2 Å². The van der Waals surface area contributed by atoms with Crippen LogP contribution in [-0.4, -0.2) is 39.4 Å².